The van der Waals surface area contributed by atoms with Crippen LogP contribution in [0.15, 0.2) is 48.8 Å². The molecule has 2 aromatic heterocycles. The Morgan fingerprint density at radius 2 is 1.17 bits per heavy atom. The fourth-order valence-corrected chi connectivity index (χ4v) is 5.26. The normalized spacial score (nSPS) is 15.5. The number of pyridine rings is 2. The predicted octanol–water partition coefficient (Wildman–Crippen LogP) is 6.39. The largest absolute Gasteiger partial charge is 0.378 e. The molecular weight excluding hydrogens is 695 g/mol. The number of carbonyl (C=O) groups excluding carboxylic acids is 2. The summed E-state index contributed by atoms with van der Waals surface area (Å²) in [6.45, 7) is 19.8. The van der Waals surface area contributed by atoms with Gasteiger partial charge in [0.1, 0.15) is 11.6 Å². The summed E-state index contributed by atoms with van der Waals surface area (Å²) in [7, 11) is 0. The van der Waals surface area contributed by atoms with Gasteiger partial charge in [-0.15, -0.1) is 0 Å². The number of hydrogen-bond acceptors (Lipinski definition) is 8. The maximum absolute atomic E-state index is 12.5. The van der Waals surface area contributed by atoms with E-state index in [1.165, 1.54) is 0 Å². The van der Waals surface area contributed by atoms with Crippen molar-refractivity contribution >= 4 is 57.4 Å². The van der Waals surface area contributed by atoms with Crippen LogP contribution in [0.2, 0.25) is 0 Å². The summed E-state index contributed by atoms with van der Waals surface area (Å²) >= 11 is 2.23. The van der Waals surface area contributed by atoms with Crippen molar-refractivity contribution in [2.75, 3.05) is 73.0 Å². The Hall–Kier alpha value is -3.29. The van der Waals surface area contributed by atoms with Crippen molar-refractivity contribution < 1.29 is 19.1 Å². The van der Waals surface area contributed by atoms with Gasteiger partial charge >= 0.3 is 0 Å². The molecule has 0 unspecified atom stereocenters. The van der Waals surface area contributed by atoms with E-state index in [9.17, 15) is 9.59 Å². The molecule has 2 amide bonds. The van der Waals surface area contributed by atoms with Crippen LogP contribution in [-0.4, -0.2) is 74.4 Å². The molecule has 0 aliphatic carbocycles. The van der Waals surface area contributed by atoms with Crippen LogP contribution in [0.5, 0.6) is 0 Å². The summed E-state index contributed by atoms with van der Waals surface area (Å²) in [5, 5.41) is 5.99. The Morgan fingerprint density at radius 1 is 0.717 bits per heavy atom. The molecular formula is C35H47IN6O4. The van der Waals surface area contributed by atoms with Gasteiger partial charge in [-0.2, -0.15) is 0 Å². The van der Waals surface area contributed by atoms with Gasteiger partial charge in [0.2, 0.25) is 11.8 Å². The minimum atomic E-state index is -0.466. The van der Waals surface area contributed by atoms with E-state index in [1.54, 1.807) is 12.4 Å². The average Bonchev–Trinajstić information content (AvgIpc) is 3.03. The Morgan fingerprint density at radius 3 is 1.65 bits per heavy atom. The third-order valence-corrected chi connectivity index (χ3v) is 8.59. The first-order chi connectivity index (χ1) is 21.7. The number of rotatable bonds is 5. The van der Waals surface area contributed by atoms with Gasteiger partial charge in [0.05, 0.1) is 50.2 Å². The van der Waals surface area contributed by atoms with Crippen LogP contribution in [0.3, 0.4) is 0 Å². The number of halogens is 1. The summed E-state index contributed by atoms with van der Waals surface area (Å²) < 4.78 is 11.8. The van der Waals surface area contributed by atoms with Crippen molar-refractivity contribution in [1.82, 2.24) is 9.97 Å². The van der Waals surface area contributed by atoms with E-state index in [2.05, 4.69) is 78.1 Å². The number of aryl methyl sites for hydroxylation is 1. The fraction of sp³-hybridized carbons (Fsp3) is 0.486. The van der Waals surface area contributed by atoms with Crippen molar-refractivity contribution in [3.05, 3.63) is 57.9 Å². The maximum Gasteiger partial charge on any atom is 0.229 e. The number of hydrogen-bond donors (Lipinski definition) is 2. The van der Waals surface area contributed by atoms with Crippen LogP contribution in [-0.2, 0) is 19.1 Å². The molecule has 10 nitrogen and oxygen atoms in total. The summed E-state index contributed by atoms with van der Waals surface area (Å²) in [6.07, 6.45) is 3.51. The molecule has 5 rings (SSSR count). The lowest BCUT2D eigenvalue weighted by Crippen LogP contribution is -2.36. The number of ether oxygens (including phenoxy) is 2. The van der Waals surface area contributed by atoms with Crippen LogP contribution < -0.4 is 20.4 Å². The molecule has 0 spiro atoms. The lowest BCUT2D eigenvalue weighted by molar-refractivity contribution is -0.123. The third kappa shape index (κ3) is 9.62. The number of aromatic nitrogens is 2. The zero-order valence-corrected chi connectivity index (χ0v) is 30.2. The number of morpholine rings is 2. The molecule has 0 saturated carbocycles. The standard InChI is InChI=1S/C21H27N3O2.C14H20IN3O2/c1-15-7-5-6-8-16(15)17-13-19(24-9-11-26-12-10-24)22-14-18(17)23-20(25)21(2,3)4;1-14(2,3)13(19)17-11-9-16-12(8-10(11)15)18-4-6-20-7-5-18/h5-8,13-14H,9-12H2,1-4H3,(H,23,25);8-9H,4-7H2,1-3H3,(H,17,19). The monoisotopic (exact) mass is 742 g/mol. The van der Waals surface area contributed by atoms with E-state index in [-0.39, 0.29) is 11.8 Å². The topological polar surface area (TPSA) is 109 Å². The van der Waals surface area contributed by atoms with E-state index < -0.39 is 10.8 Å². The molecule has 46 heavy (non-hydrogen) atoms. The predicted molar refractivity (Wildman–Crippen MR) is 194 cm³/mol. The molecule has 0 atom stereocenters. The van der Waals surface area contributed by atoms with Gasteiger partial charge in [-0.1, -0.05) is 65.8 Å². The highest BCUT2D eigenvalue weighted by Crippen LogP contribution is 2.34. The molecule has 2 fully saturated rings. The van der Waals surface area contributed by atoms with Crippen LogP contribution in [0.1, 0.15) is 47.1 Å². The molecule has 4 heterocycles. The van der Waals surface area contributed by atoms with Gasteiger partial charge in [0.15, 0.2) is 0 Å². The highest BCUT2D eigenvalue weighted by atomic mass is 127. The molecule has 1 aromatic carbocycles. The van der Waals surface area contributed by atoms with Crippen LogP contribution in [0.4, 0.5) is 23.0 Å². The zero-order chi connectivity index (χ0) is 33.5. The average molecular weight is 743 g/mol. The Balaban J connectivity index is 0.000000216. The van der Waals surface area contributed by atoms with Gasteiger partial charge in [-0.3, -0.25) is 9.59 Å². The minimum absolute atomic E-state index is 0.00339. The lowest BCUT2D eigenvalue weighted by atomic mass is 9.94. The summed E-state index contributed by atoms with van der Waals surface area (Å²) in [5.41, 5.74) is 3.90. The Kier molecular flexibility index (Phi) is 12.0. The van der Waals surface area contributed by atoms with Crippen LogP contribution >= 0.6 is 22.6 Å². The van der Waals surface area contributed by atoms with Gasteiger partial charge in [0, 0.05) is 46.1 Å². The smallest absolute Gasteiger partial charge is 0.229 e. The summed E-state index contributed by atoms with van der Waals surface area (Å²) in [4.78, 5) is 38.0. The molecule has 2 N–H and O–H groups in total. The van der Waals surface area contributed by atoms with Crippen LogP contribution in [0.25, 0.3) is 11.1 Å². The quantitative estimate of drug-likeness (QED) is 0.290. The van der Waals surface area contributed by atoms with Crippen molar-refractivity contribution in [1.29, 1.82) is 0 Å². The first kappa shape index (κ1) is 35.6. The molecule has 2 saturated heterocycles. The van der Waals surface area contributed by atoms with Crippen molar-refractivity contribution in [2.45, 2.75) is 48.5 Å². The number of benzene rings is 1. The number of nitrogens with zero attached hydrogens (tertiary/aromatic N) is 4. The van der Waals surface area contributed by atoms with E-state index in [0.29, 0.717) is 13.2 Å². The van der Waals surface area contributed by atoms with Gasteiger partial charge in [-0.25, -0.2) is 9.97 Å². The highest BCUT2D eigenvalue weighted by molar-refractivity contribution is 14.1. The van der Waals surface area contributed by atoms with Gasteiger partial charge < -0.3 is 29.9 Å². The first-order valence-corrected chi connectivity index (χ1v) is 16.8. The van der Waals surface area contributed by atoms with Crippen molar-refractivity contribution in [3.63, 3.8) is 0 Å². The number of amides is 2. The van der Waals surface area contributed by atoms with E-state index in [0.717, 1.165) is 82.7 Å². The fourth-order valence-electron chi connectivity index (χ4n) is 4.70. The van der Waals surface area contributed by atoms with Gasteiger partial charge in [0.25, 0.3) is 0 Å². The summed E-state index contributed by atoms with van der Waals surface area (Å²) in [6, 6.07) is 12.3. The molecule has 11 heteroatoms. The number of carbonyl (C=O) groups is 2. The zero-order valence-electron chi connectivity index (χ0n) is 28.1. The number of nitrogens with one attached hydrogen (secondary N) is 2. The lowest BCUT2D eigenvalue weighted by Gasteiger charge is -2.29. The maximum atomic E-state index is 12.5. The molecule has 3 aromatic rings. The van der Waals surface area contributed by atoms with E-state index in [1.807, 2.05) is 59.7 Å². The van der Waals surface area contributed by atoms with Gasteiger partial charge in [-0.05, 0) is 52.8 Å². The van der Waals surface area contributed by atoms with Crippen LogP contribution in [0, 0.1) is 21.3 Å². The van der Waals surface area contributed by atoms with Crippen molar-refractivity contribution in [3.8, 4) is 11.1 Å². The summed E-state index contributed by atoms with van der Waals surface area (Å²) in [5.74, 6) is 1.83. The SMILES string of the molecule is CC(C)(C)C(=O)Nc1cnc(N2CCOCC2)cc1I.Cc1ccccc1-c1cc(N2CCOCC2)ncc1NC(=O)C(C)(C)C. The Bertz CT molecular complexity index is 1510. The Labute approximate surface area is 286 Å². The molecule has 2 aliphatic heterocycles. The second kappa shape index (κ2) is 15.5. The van der Waals surface area contributed by atoms with E-state index >= 15 is 0 Å². The van der Waals surface area contributed by atoms with Crippen molar-refractivity contribution in [2.24, 2.45) is 10.8 Å². The molecule has 0 bridgehead atoms. The second-order valence-electron chi connectivity index (χ2n) is 13.5. The van der Waals surface area contributed by atoms with E-state index in [4.69, 9.17) is 9.47 Å². The molecule has 2 aliphatic rings. The minimum Gasteiger partial charge on any atom is -0.378 e. The highest BCUT2D eigenvalue weighted by Gasteiger charge is 2.24. The molecule has 0 radical (unpaired) electrons. The third-order valence-electron chi connectivity index (χ3n) is 7.69. The first-order valence-electron chi connectivity index (χ1n) is 15.7. The molecule has 248 valence electrons. The second-order valence-corrected chi connectivity index (χ2v) is 14.7. The number of anilines is 4.